The van der Waals surface area contributed by atoms with Gasteiger partial charge >= 0.3 is 6.03 Å². The van der Waals surface area contributed by atoms with Crippen LogP contribution in [0.2, 0.25) is 0 Å². The number of amides is 2. The van der Waals surface area contributed by atoms with Crippen molar-refractivity contribution in [3.05, 3.63) is 11.6 Å². The predicted molar refractivity (Wildman–Crippen MR) is 97.2 cm³/mol. The molecule has 1 aromatic rings. The Morgan fingerprint density at radius 1 is 1.22 bits per heavy atom. The van der Waals surface area contributed by atoms with Crippen LogP contribution in [0, 0.1) is 5.92 Å². The highest BCUT2D eigenvalue weighted by molar-refractivity contribution is 7.13. The monoisotopic (exact) mass is 338 g/mol. The maximum Gasteiger partial charge on any atom is 0.317 e. The zero-order valence-electron chi connectivity index (χ0n) is 14.5. The van der Waals surface area contributed by atoms with Crippen molar-refractivity contribution in [2.45, 2.75) is 46.0 Å². The predicted octanol–water partition coefficient (Wildman–Crippen LogP) is 3.58. The minimum atomic E-state index is 0.0889. The normalized spacial score (nSPS) is 15.3. The number of nitrogens with one attached hydrogen (secondary N) is 1. The molecular formula is C17H30N4OS. The summed E-state index contributed by atoms with van der Waals surface area (Å²) in [6.45, 7) is 8.64. The van der Waals surface area contributed by atoms with E-state index in [1.807, 2.05) is 16.5 Å². The minimum absolute atomic E-state index is 0.0889. The van der Waals surface area contributed by atoms with Gasteiger partial charge in [0.15, 0.2) is 5.13 Å². The maximum atomic E-state index is 12.2. The topological polar surface area (TPSA) is 48.5 Å². The van der Waals surface area contributed by atoms with Gasteiger partial charge in [-0.3, -0.25) is 0 Å². The Morgan fingerprint density at radius 2 is 1.96 bits per heavy atom. The number of piperazine rings is 1. The molecule has 1 aromatic heterocycles. The highest BCUT2D eigenvalue weighted by Crippen LogP contribution is 2.18. The fourth-order valence-corrected chi connectivity index (χ4v) is 3.51. The van der Waals surface area contributed by atoms with Crippen molar-refractivity contribution in [1.82, 2.24) is 15.2 Å². The molecule has 0 saturated carbocycles. The van der Waals surface area contributed by atoms with Crippen LogP contribution in [-0.2, 0) is 0 Å². The Morgan fingerprint density at radius 3 is 2.61 bits per heavy atom. The first-order valence-electron chi connectivity index (χ1n) is 8.84. The lowest BCUT2D eigenvalue weighted by molar-refractivity contribution is 0.194. The molecule has 1 fully saturated rings. The number of anilines is 1. The van der Waals surface area contributed by atoms with Crippen molar-refractivity contribution in [2.24, 2.45) is 5.92 Å². The molecule has 0 unspecified atom stereocenters. The van der Waals surface area contributed by atoms with E-state index in [0.29, 0.717) is 0 Å². The molecule has 0 aromatic carbocycles. The Kier molecular flexibility index (Phi) is 7.65. The number of urea groups is 1. The molecule has 5 nitrogen and oxygen atoms in total. The molecule has 2 heterocycles. The van der Waals surface area contributed by atoms with E-state index < -0.39 is 0 Å². The number of carbonyl (C=O) groups excluding carboxylic acids is 1. The third kappa shape index (κ3) is 6.37. The summed E-state index contributed by atoms with van der Waals surface area (Å²) in [5.41, 5.74) is 0. The second kappa shape index (κ2) is 9.75. The molecule has 1 aliphatic heterocycles. The van der Waals surface area contributed by atoms with Crippen LogP contribution in [0.3, 0.4) is 0 Å². The quantitative estimate of drug-likeness (QED) is 0.737. The van der Waals surface area contributed by atoms with Crippen molar-refractivity contribution < 1.29 is 4.79 Å². The molecule has 2 rings (SSSR count). The van der Waals surface area contributed by atoms with Crippen molar-refractivity contribution in [3.8, 4) is 0 Å². The number of thiazole rings is 1. The molecule has 0 spiro atoms. The van der Waals surface area contributed by atoms with Crippen molar-refractivity contribution in [3.63, 3.8) is 0 Å². The van der Waals surface area contributed by atoms with Gasteiger partial charge in [0.05, 0.1) is 0 Å². The van der Waals surface area contributed by atoms with Crippen LogP contribution in [0.1, 0.15) is 46.0 Å². The number of nitrogens with zero attached hydrogens (tertiary/aromatic N) is 3. The summed E-state index contributed by atoms with van der Waals surface area (Å²) in [4.78, 5) is 20.7. The lowest BCUT2D eigenvalue weighted by Gasteiger charge is -2.34. The van der Waals surface area contributed by atoms with Crippen LogP contribution in [0.25, 0.3) is 0 Å². The standard InChI is InChI=1S/C17H30N4OS/c1-15(2)7-5-3-4-6-8-18-16(22)20-10-12-21(13-11-20)17-19-9-14-23-17/h9,14-15H,3-8,10-13H2,1-2H3,(H,18,22). The van der Waals surface area contributed by atoms with Crippen LogP contribution in [-0.4, -0.2) is 48.6 Å². The molecule has 130 valence electrons. The summed E-state index contributed by atoms with van der Waals surface area (Å²) < 4.78 is 0. The van der Waals surface area contributed by atoms with Crippen LogP contribution >= 0.6 is 11.3 Å². The zero-order chi connectivity index (χ0) is 16.5. The SMILES string of the molecule is CC(C)CCCCCCNC(=O)N1CCN(c2nccs2)CC1. The minimum Gasteiger partial charge on any atom is -0.345 e. The number of hydrogen-bond donors (Lipinski definition) is 1. The summed E-state index contributed by atoms with van der Waals surface area (Å²) in [7, 11) is 0. The Balaban J connectivity index is 1.53. The van der Waals surface area contributed by atoms with Crippen molar-refractivity contribution in [2.75, 3.05) is 37.6 Å². The van der Waals surface area contributed by atoms with E-state index >= 15 is 0 Å². The van der Waals surface area contributed by atoms with E-state index in [4.69, 9.17) is 0 Å². The third-order valence-electron chi connectivity index (χ3n) is 4.24. The highest BCUT2D eigenvalue weighted by atomic mass is 32.1. The Bertz CT molecular complexity index is 441. The van der Waals surface area contributed by atoms with Gasteiger partial charge in [-0.05, 0) is 12.3 Å². The van der Waals surface area contributed by atoms with E-state index in [1.54, 1.807) is 11.3 Å². The first-order chi connectivity index (χ1) is 11.2. The number of unbranched alkanes of at least 4 members (excludes halogenated alkanes) is 3. The second-order valence-corrected chi connectivity index (χ2v) is 7.49. The zero-order valence-corrected chi connectivity index (χ0v) is 15.3. The lowest BCUT2D eigenvalue weighted by Crippen LogP contribution is -2.52. The molecule has 0 bridgehead atoms. The molecule has 2 amide bonds. The van der Waals surface area contributed by atoms with E-state index in [9.17, 15) is 4.79 Å². The molecule has 0 radical (unpaired) electrons. The number of hydrogen-bond acceptors (Lipinski definition) is 4. The highest BCUT2D eigenvalue weighted by Gasteiger charge is 2.21. The summed E-state index contributed by atoms with van der Waals surface area (Å²) in [5.74, 6) is 0.803. The maximum absolute atomic E-state index is 12.2. The number of aromatic nitrogens is 1. The largest absolute Gasteiger partial charge is 0.345 e. The lowest BCUT2D eigenvalue weighted by atomic mass is 10.0. The summed E-state index contributed by atoms with van der Waals surface area (Å²) in [6, 6.07) is 0.0889. The van der Waals surface area contributed by atoms with Gasteiger partial charge in [-0.25, -0.2) is 9.78 Å². The van der Waals surface area contributed by atoms with Crippen LogP contribution in [0.15, 0.2) is 11.6 Å². The van der Waals surface area contributed by atoms with Gasteiger partial charge in [-0.15, -0.1) is 11.3 Å². The summed E-state index contributed by atoms with van der Waals surface area (Å²) >= 11 is 1.66. The molecular weight excluding hydrogens is 308 g/mol. The van der Waals surface area contributed by atoms with Gasteiger partial charge < -0.3 is 15.1 Å². The van der Waals surface area contributed by atoms with E-state index in [1.165, 1.54) is 25.7 Å². The van der Waals surface area contributed by atoms with Crippen LogP contribution in [0.4, 0.5) is 9.93 Å². The number of carbonyl (C=O) groups is 1. The van der Waals surface area contributed by atoms with Crippen molar-refractivity contribution in [1.29, 1.82) is 0 Å². The van der Waals surface area contributed by atoms with Gasteiger partial charge in [-0.2, -0.15) is 0 Å². The first-order valence-corrected chi connectivity index (χ1v) is 9.72. The smallest absolute Gasteiger partial charge is 0.317 e. The van der Waals surface area contributed by atoms with E-state index in [-0.39, 0.29) is 6.03 Å². The van der Waals surface area contributed by atoms with Crippen molar-refractivity contribution >= 4 is 22.5 Å². The molecule has 1 saturated heterocycles. The van der Waals surface area contributed by atoms with Crippen LogP contribution < -0.4 is 10.2 Å². The molecule has 6 heteroatoms. The van der Waals surface area contributed by atoms with Gasteiger partial charge in [-0.1, -0.05) is 39.5 Å². The van der Waals surface area contributed by atoms with Gasteiger partial charge in [0, 0.05) is 44.3 Å². The van der Waals surface area contributed by atoms with Gasteiger partial charge in [0.25, 0.3) is 0 Å². The molecule has 1 N–H and O–H groups in total. The average molecular weight is 339 g/mol. The molecule has 1 aliphatic rings. The van der Waals surface area contributed by atoms with E-state index in [2.05, 4.69) is 29.0 Å². The first kappa shape index (κ1) is 18.0. The number of rotatable bonds is 8. The Hall–Kier alpha value is -1.30. The summed E-state index contributed by atoms with van der Waals surface area (Å²) in [6.07, 6.45) is 8.04. The summed E-state index contributed by atoms with van der Waals surface area (Å²) in [5, 5.41) is 6.11. The Labute approximate surface area is 144 Å². The molecule has 0 aliphatic carbocycles. The van der Waals surface area contributed by atoms with Gasteiger partial charge in [0.2, 0.25) is 0 Å². The second-order valence-electron chi connectivity index (χ2n) is 6.62. The fourth-order valence-electron chi connectivity index (χ4n) is 2.81. The van der Waals surface area contributed by atoms with Crippen LogP contribution in [0.5, 0.6) is 0 Å². The third-order valence-corrected chi connectivity index (χ3v) is 5.07. The van der Waals surface area contributed by atoms with E-state index in [0.717, 1.165) is 50.2 Å². The average Bonchev–Trinajstić information content (AvgIpc) is 3.08. The molecule has 0 atom stereocenters. The molecule has 23 heavy (non-hydrogen) atoms. The fraction of sp³-hybridized carbons (Fsp3) is 0.765. The van der Waals surface area contributed by atoms with Gasteiger partial charge in [0.1, 0.15) is 0 Å².